The lowest BCUT2D eigenvalue weighted by Gasteiger charge is -2.19. The molecule has 0 aromatic heterocycles. The predicted octanol–water partition coefficient (Wildman–Crippen LogP) is 6.00. The van der Waals surface area contributed by atoms with Gasteiger partial charge in [0.2, 0.25) is 0 Å². The molecule has 1 fully saturated rings. The summed E-state index contributed by atoms with van der Waals surface area (Å²) in [5, 5.41) is 11.5. The third-order valence-corrected chi connectivity index (χ3v) is 7.88. The highest BCUT2D eigenvalue weighted by atomic mass is 32.2. The van der Waals surface area contributed by atoms with Crippen LogP contribution in [0, 0.1) is 0 Å². The minimum absolute atomic E-state index is 0.0245. The highest BCUT2D eigenvalue weighted by Gasteiger charge is 2.39. The fraction of sp³-hybridized carbons (Fsp3) is 0.154. The Morgan fingerprint density at radius 2 is 1.70 bits per heavy atom. The Labute approximate surface area is 201 Å². The Bertz CT molecular complexity index is 1260. The van der Waals surface area contributed by atoms with E-state index in [9.17, 15) is 9.90 Å². The van der Waals surface area contributed by atoms with Crippen LogP contribution in [-0.4, -0.2) is 34.2 Å². The number of amidine groups is 1. The van der Waals surface area contributed by atoms with Crippen LogP contribution in [0.4, 0.5) is 11.4 Å². The van der Waals surface area contributed by atoms with Gasteiger partial charge < -0.3 is 10.0 Å². The van der Waals surface area contributed by atoms with E-state index >= 15 is 0 Å². The molecular formula is C26H23N3O2S2. The maximum Gasteiger partial charge on any atom is 0.269 e. The summed E-state index contributed by atoms with van der Waals surface area (Å²) in [6.07, 6.45) is 0.736. The first-order valence-electron chi connectivity index (χ1n) is 10.8. The van der Waals surface area contributed by atoms with Gasteiger partial charge in [0.05, 0.1) is 11.4 Å². The van der Waals surface area contributed by atoms with Crippen molar-refractivity contribution in [3.63, 3.8) is 0 Å². The molecule has 2 heterocycles. The summed E-state index contributed by atoms with van der Waals surface area (Å²) in [4.78, 5) is 24.2. The number of para-hydroxylation sites is 1. The first kappa shape index (κ1) is 21.7. The minimum Gasteiger partial charge on any atom is -0.508 e. The third kappa shape index (κ3) is 4.38. The molecule has 0 spiro atoms. The van der Waals surface area contributed by atoms with E-state index in [1.807, 2.05) is 36.4 Å². The summed E-state index contributed by atoms with van der Waals surface area (Å²) >= 11 is 3.05. The van der Waals surface area contributed by atoms with Gasteiger partial charge in [0, 0.05) is 24.1 Å². The van der Waals surface area contributed by atoms with E-state index in [2.05, 4.69) is 36.1 Å². The molecule has 3 aromatic rings. The summed E-state index contributed by atoms with van der Waals surface area (Å²) in [6, 6.07) is 25.2. The molecule has 1 amide bonds. The fourth-order valence-electron chi connectivity index (χ4n) is 3.89. The van der Waals surface area contributed by atoms with Gasteiger partial charge in [-0.05, 0) is 54.9 Å². The number of thioether (sulfide) groups is 2. The van der Waals surface area contributed by atoms with Gasteiger partial charge in [0.15, 0.2) is 5.17 Å². The molecule has 0 saturated carbocycles. The SMILES string of the molecule is CCN1/C(=C2/SC(=Nc3cccc(O)c3)N(CCc3ccccc3)C2=O)Sc2ccccc21. The normalized spacial score (nSPS) is 18.9. The third-order valence-electron chi connectivity index (χ3n) is 5.50. The van der Waals surface area contributed by atoms with Crippen molar-refractivity contribution < 1.29 is 9.90 Å². The maximum atomic E-state index is 13.7. The number of nitrogens with zero attached hydrogens (tertiary/aromatic N) is 3. The number of carbonyl (C=O) groups is 1. The molecule has 1 N–H and O–H groups in total. The number of fused-ring (bicyclic) bond motifs is 1. The molecule has 0 atom stereocenters. The average molecular weight is 474 g/mol. The largest absolute Gasteiger partial charge is 0.508 e. The first-order valence-corrected chi connectivity index (χ1v) is 12.5. The van der Waals surface area contributed by atoms with Crippen molar-refractivity contribution in [1.82, 2.24) is 4.90 Å². The van der Waals surface area contributed by atoms with E-state index in [0.29, 0.717) is 22.3 Å². The fourth-order valence-corrected chi connectivity index (χ4v) is 6.31. The number of hydrogen-bond donors (Lipinski definition) is 1. The van der Waals surface area contributed by atoms with Crippen LogP contribution >= 0.6 is 23.5 Å². The van der Waals surface area contributed by atoms with Crippen LogP contribution in [0.5, 0.6) is 5.75 Å². The maximum absolute atomic E-state index is 13.7. The van der Waals surface area contributed by atoms with Crippen molar-refractivity contribution in [2.45, 2.75) is 18.2 Å². The number of aliphatic imine (C=N–C) groups is 1. The second-order valence-corrected chi connectivity index (χ2v) is 9.67. The summed E-state index contributed by atoms with van der Waals surface area (Å²) < 4.78 is 0. The highest BCUT2D eigenvalue weighted by Crippen LogP contribution is 2.50. The number of rotatable bonds is 5. The van der Waals surface area contributed by atoms with Crippen molar-refractivity contribution in [2.24, 2.45) is 4.99 Å². The molecule has 0 unspecified atom stereocenters. The molecule has 0 bridgehead atoms. The zero-order valence-corrected chi connectivity index (χ0v) is 19.8. The molecule has 1 saturated heterocycles. The molecule has 2 aliphatic rings. The Hall–Kier alpha value is -3.16. The lowest BCUT2D eigenvalue weighted by Crippen LogP contribution is -2.32. The van der Waals surface area contributed by atoms with Gasteiger partial charge >= 0.3 is 0 Å². The lowest BCUT2D eigenvalue weighted by molar-refractivity contribution is -0.122. The van der Waals surface area contributed by atoms with Crippen LogP contribution in [0.15, 0.2) is 98.7 Å². The molecule has 5 nitrogen and oxygen atoms in total. The summed E-state index contributed by atoms with van der Waals surface area (Å²) in [5.41, 5.74) is 2.93. The number of hydrogen-bond acceptors (Lipinski definition) is 6. The van der Waals surface area contributed by atoms with Crippen molar-refractivity contribution in [3.8, 4) is 5.75 Å². The summed E-state index contributed by atoms with van der Waals surface area (Å²) in [5.74, 6) is 0.128. The molecule has 3 aromatic carbocycles. The van der Waals surface area contributed by atoms with Crippen LogP contribution in [0.3, 0.4) is 0 Å². The van der Waals surface area contributed by atoms with E-state index in [-0.39, 0.29) is 11.7 Å². The number of phenols is 1. The molecule has 5 rings (SSSR count). The zero-order valence-electron chi connectivity index (χ0n) is 18.1. The smallest absolute Gasteiger partial charge is 0.269 e. The van der Waals surface area contributed by atoms with E-state index in [1.54, 1.807) is 34.9 Å². The Balaban J connectivity index is 1.52. The van der Waals surface area contributed by atoms with Crippen molar-refractivity contribution >= 4 is 46.0 Å². The van der Waals surface area contributed by atoms with Gasteiger partial charge in [-0.25, -0.2) is 4.99 Å². The quantitative estimate of drug-likeness (QED) is 0.461. The lowest BCUT2D eigenvalue weighted by atomic mass is 10.1. The van der Waals surface area contributed by atoms with Gasteiger partial charge in [0.1, 0.15) is 15.7 Å². The minimum atomic E-state index is -0.0245. The van der Waals surface area contributed by atoms with Crippen LogP contribution < -0.4 is 4.90 Å². The Kier molecular flexibility index (Phi) is 6.15. The molecule has 2 aliphatic heterocycles. The predicted molar refractivity (Wildman–Crippen MR) is 137 cm³/mol. The van der Waals surface area contributed by atoms with E-state index < -0.39 is 0 Å². The van der Waals surface area contributed by atoms with Gasteiger partial charge in [-0.15, -0.1) is 0 Å². The highest BCUT2D eigenvalue weighted by molar-refractivity contribution is 8.19. The second-order valence-electron chi connectivity index (χ2n) is 7.66. The van der Waals surface area contributed by atoms with Crippen molar-refractivity contribution in [3.05, 3.63) is 94.4 Å². The molecular weight excluding hydrogens is 450 g/mol. The number of amides is 1. The topological polar surface area (TPSA) is 56.1 Å². The monoisotopic (exact) mass is 473 g/mol. The molecule has 0 radical (unpaired) electrons. The molecule has 7 heteroatoms. The molecule has 33 heavy (non-hydrogen) atoms. The zero-order chi connectivity index (χ0) is 22.8. The van der Waals surface area contributed by atoms with E-state index in [4.69, 9.17) is 4.99 Å². The molecule has 166 valence electrons. The first-order chi connectivity index (χ1) is 16.1. The Morgan fingerprint density at radius 1 is 0.909 bits per heavy atom. The standard InChI is InChI=1S/C26H23N3O2S2/c1-2-28-21-13-6-7-14-22(21)32-25(28)23-24(31)29(16-15-18-9-4-3-5-10-18)26(33-23)27-19-11-8-12-20(30)17-19/h3-14,17,30H,2,15-16H2,1H3/b25-23-,27-26?. The van der Waals surface area contributed by atoms with Crippen LogP contribution in [0.2, 0.25) is 0 Å². The van der Waals surface area contributed by atoms with Gasteiger partial charge in [0.25, 0.3) is 5.91 Å². The van der Waals surface area contributed by atoms with Gasteiger partial charge in [-0.2, -0.15) is 0 Å². The number of carbonyl (C=O) groups excluding carboxylic acids is 1. The second kappa shape index (κ2) is 9.37. The average Bonchev–Trinajstić information content (AvgIpc) is 3.35. The Morgan fingerprint density at radius 3 is 2.48 bits per heavy atom. The summed E-state index contributed by atoms with van der Waals surface area (Å²) in [7, 11) is 0. The van der Waals surface area contributed by atoms with Crippen LogP contribution in [0.1, 0.15) is 12.5 Å². The van der Waals surface area contributed by atoms with E-state index in [1.165, 1.54) is 17.3 Å². The number of aromatic hydroxyl groups is 1. The molecule has 0 aliphatic carbocycles. The van der Waals surface area contributed by atoms with E-state index in [0.717, 1.165) is 28.6 Å². The van der Waals surface area contributed by atoms with Crippen LogP contribution in [0.25, 0.3) is 0 Å². The van der Waals surface area contributed by atoms with Gasteiger partial charge in [-0.3, -0.25) is 9.69 Å². The van der Waals surface area contributed by atoms with Crippen molar-refractivity contribution in [2.75, 3.05) is 18.0 Å². The number of anilines is 1. The van der Waals surface area contributed by atoms with Crippen LogP contribution in [-0.2, 0) is 11.2 Å². The number of phenolic OH excluding ortho intramolecular Hbond substituents is 1. The van der Waals surface area contributed by atoms with Gasteiger partial charge in [-0.1, -0.05) is 60.3 Å². The number of benzene rings is 3. The summed E-state index contributed by atoms with van der Waals surface area (Å²) in [6.45, 7) is 3.41. The van der Waals surface area contributed by atoms with Crippen molar-refractivity contribution in [1.29, 1.82) is 0 Å².